The zero-order valence-electron chi connectivity index (χ0n) is 11.8. The van der Waals surface area contributed by atoms with Crippen LogP contribution in [0.5, 0.6) is 0 Å². The summed E-state index contributed by atoms with van der Waals surface area (Å²) in [4.78, 5) is 7.87. The Labute approximate surface area is 137 Å². The molecule has 0 unspecified atom stereocenters. The zero-order chi connectivity index (χ0) is 15.7. The number of aryl methyl sites for hydroxylation is 1. The average molecular weight is 335 g/mol. The molecule has 2 nitrogen and oxygen atoms in total. The van der Waals surface area contributed by atoms with Crippen molar-refractivity contribution < 1.29 is 4.39 Å². The van der Waals surface area contributed by atoms with E-state index in [0.717, 1.165) is 28.3 Å². The van der Waals surface area contributed by atoms with E-state index in [0.29, 0.717) is 16.5 Å². The summed E-state index contributed by atoms with van der Waals surface area (Å²) in [5.41, 5.74) is 3.62. The van der Waals surface area contributed by atoms with Gasteiger partial charge in [-0.15, -0.1) is 0 Å². The van der Waals surface area contributed by atoms with Crippen molar-refractivity contribution in [1.29, 1.82) is 0 Å². The standard InChI is InChI=1S/C17H13Cl2FN2/c1-10-17(12-7-13(18)9-14(19)8-12)22-16(21-10)6-11-2-4-15(20)5-3-11/h2-5,7-9H,6H2,1H3,(H,21,22). The molecule has 1 heterocycles. The first-order valence-corrected chi connectivity index (χ1v) is 7.53. The summed E-state index contributed by atoms with van der Waals surface area (Å²) in [5, 5.41) is 1.15. The fourth-order valence-electron chi connectivity index (χ4n) is 2.37. The third-order valence-corrected chi connectivity index (χ3v) is 3.79. The molecule has 112 valence electrons. The Morgan fingerprint density at radius 1 is 1.05 bits per heavy atom. The van der Waals surface area contributed by atoms with E-state index in [1.165, 1.54) is 12.1 Å². The van der Waals surface area contributed by atoms with Crippen LogP contribution in [0.3, 0.4) is 0 Å². The highest BCUT2D eigenvalue weighted by Crippen LogP contribution is 2.28. The summed E-state index contributed by atoms with van der Waals surface area (Å²) in [6.07, 6.45) is 0.607. The summed E-state index contributed by atoms with van der Waals surface area (Å²) in [6, 6.07) is 11.8. The van der Waals surface area contributed by atoms with Gasteiger partial charge in [0.2, 0.25) is 0 Å². The van der Waals surface area contributed by atoms with Gasteiger partial charge in [0.1, 0.15) is 11.6 Å². The number of halogens is 3. The van der Waals surface area contributed by atoms with Gasteiger partial charge >= 0.3 is 0 Å². The maximum Gasteiger partial charge on any atom is 0.123 e. The minimum absolute atomic E-state index is 0.242. The van der Waals surface area contributed by atoms with Gasteiger partial charge in [0, 0.05) is 27.7 Å². The third-order valence-electron chi connectivity index (χ3n) is 3.35. The molecule has 0 saturated carbocycles. The van der Waals surface area contributed by atoms with Gasteiger partial charge in [0.05, 0.1) is 5.69 Å². The van der Waals surface area contributed by atoms with Crippen LogP contribution in [0.2, 0.25) is 10.0 Å². The second-order valence-electron chi connectivity index (χ2n) is 5.12. The maximum atomic E-state index is 12.9. The number of nitrogens with zero attached hydrogens (tertiary/aromatic N) is 1. The van der Waals surface area contributed by atoms with Crippen LogP contribution in [0, 0.1) is 12.7 Å². The number of aromatic nitrogens is 2. The van der Waals surface area contributed by atoms with Crippen LogP contribution in [-0.2, 0) is 6.42 Å². The van der Waals surface area contributed by atoms with Crippen molar-refractivity contribution in [2.75, 3.05) is 0 Å². The average Bonchev–Trinajstić information content (AvgIpc) is 2.81. The molecule has 3 aromatic rings. The molecular formula is C17H13Cl2FN2. The lowest BCUT2D eigenvalue weighted by molar-refractivity contribution is 0.627. The number of hydrogen-bond acceptors (Lipinski definition) is 1. The monoisotopic (exact) mass is 334 g/mol. The van der Waals surface area contributed by atoms with Crippen molar-refractivity contribution in [2.24, 2.45) is 0 Å². The van der Waals surface area contributed by atoms with Gasteiger partial charge in [-0.05, 0) is 42.8 Å². The van der Waals surface area contributed by atoms with Gasteiger partial charge in [-0.1, -0.05) is 35.3 Å². The van der Waals surface area contributed by atoms with Crippen LogP contribution in [0.1, 0.15) is 17.1 Å². The quantitative estimate of drug-likeness (QED) is 0.680. The van der Waals surface area contributed by atoms with Gasteiger partial charge in [0.25, 0.3) is 0 Å². The fraction of sp³-hybridized carbons (Fsp3) is 0.118. The topological polar surface area (TPSA) is 28.7 Å². The van der Waals surface area contributed by atoms with Crippen molar-refractivity contribution >= 4 is 23.2 Å². The van der Waals surface area contributed by atoms with Gasteiger partial charge < -0.3 is 4.98 Å². The predicted molar refractivity (Wildman–Crippen MR) is 88.0 cm³/mol. The van der Waals surface area contributed by atoms with Crippen LogP contribution in [0.15, 0.2) is 42.5 Å². The third kappa shape index (κ3) is 3.32. The first-order chi connectivity index (χ1) is 10.5. The van der Waals surface area contributed by atoms with E-state index in [2.05, 4.69) is 9.97 Å². The SMILES string of the molecule is Cc1[nH]c(Cc2ccc(F)cc2)nc1-c1cc(Cl)cc(Cl)c1. The molecule has 1 N–H and O–H groups in total. The highest BCUT2D eigenvalue weighted by molar-refractivity contribution is 6.35. The van der Waals surface area contributed by atoms with Crippen LogP contribution >= 0.6 is 23.2 Å². The molecule has 5 heteroatoms. The van der Waals surface area contributed by atoms with Gasteiger partial charge in [0.15, 0.2) is 0 Å². The number of imidazole rings is 1. The number of H-pyrrole nitrogens is 1. The van der Waals surface area contributed by atoms with E-state index < -0.39 is 0 Å². The summed E-state index contributed by atoms with van der Waals surface area (Å²) in [7, 11) is 0. The smallest absolute Gasteiger partial charge is 0.123 e. The van der Waals surface area contributed by atoms with Crippen LogP contribution in [0.4, 0.5) is 4.39 Å². The first-order valence-electron chi connectivity index (χ1n) is 6.77. The fourth-order valence-corrected chi connectivity index (χ4v) is 2.90. The molecule has 0 aliphatic rings. The Hall–Kier alpha value is -1.84. The summed E-state index contributed by atoms with van der Waals surface area (Å²) in [6.45, 7) is 1.95. The van der Waals surface area contributed by atoms with Crippen LogP contribution in [0.25, 0.3) is 11.3 Å². The lowest BCUT2D eigenvalue weighted by atomic mass is 10.1. The van der Waals surface area contributed by atoms with Gasteiger partial charge in [-0.3, -0.25) is 0 Å². The predicted octanol–water partition coefficient (Wildman–Crippen LogP) is 5.42. The maximum absolute atomic E-state index is 12.9. The molecule has 0 bridgehead atoms. The van der Waals surface area contributed by atoms with Crippen molar-refractivity contribution in [3.63, 3.8) is 0 Å². The Bertz CT molecular complexity index is 790. The Morgan fingerprint density at radius 2 is 1.68 bits per heavy atom. The second-order valence-corrected chi connectivity index (χ2v) is 5.99. The number of aromatic amines is 1. The highest BCUT2D eigenvalue weighted by atomic mass is 35.5. The molecule has 2 aromatic carbocycles. The molecule has 0 amide bonds. The van der Waals surface area contributed by atoms with Crippen molar-refractivity contribution in [3.05, 3.63) is 75.4 Å². The Kier molecular flexibility index (Phi) is 4.19. The number of rotatable bonds is 3. The molecule has 0 aliphatic heterocycles. The molecular weight excluding hydrogens is 322 g/mol. The zero-order valence-corrected chi connectivity index (χ0v) is 13.3. The first kappa shape index (κ1) is 15.1. The number of nitrogens with one attached hydrogen (secondary N) is 1. The molecule has 22 heavy (non-hydrogen) atoms. The minimum Gasteiger partial charge on any atom is -0.345 e. The van der Waals surface area contributed by atoms with Crippen LogP contribution in [-0.4, -0.2) is 9.97 Å². The van der Waals surface area contributed by atoms with E-state index in [1.54, 1.807) is 18.2 Å². The van der Waals surface area contributed by atoms with E-state index in [1.807, 2.05) is 19.1 Å². The second kappa shape index (κ2) is 6.11. The lowest BCUT2D eigenvalue weighted by Gasteiger charge is -2.01. The molecule has 3 rings (SSSR count). The van der Waals surface area contributed by atoms with Crippen molar-refractivity contribution in [2.45, 2.75) is 13.3 Å². The normalized spacial score (nSPS) is 10.9. The molecule has 0 aliphatic carbocycles. The van der Waals surface area contributed by atoms with Gasteiger partial charge in [-0.25, -0.2) is 9.37 Å². The van der Waals surface area contributed by atoms with Crippen molar-refractivity contribution in [1.82, 2.24) is 9.97 Å². The lowest BCUT2D eigenvalue weighted by Crippen LogP contribution is -1.91. The van der Waals surface area contributed by atoms with E-state index in [4.69, 9.17) is 23.2 Å². The summed E-state index contributed by atoms with van der Waals surface area (Å²) >= 11 is 12.1. The summed E-state index contributed by atoms with van der Waals surface area (Å²) in [5.74, 6) is 0.573. The number of hydrogen-bond donors (Lipinski definition) is 1. The summed E-state index contributed by atoms with van der Waals surface area (Å²) < 4.78 is 12.9. The van der Waals surface area contributed by atoms with E-state index >= 15 is 0 Å². The van der Waals surface area contributed by atoms with E-state index in [-0.39, 0.29) is 5.82 Å². The molecule has 0 spiro atoms. The molecule has 0 atom stereocenters. The number of benzene rings is 2. The minimum atomic E-state index is -0.242. The molecule has 0 fully saturated rings. The Morgan fingerprint density at radius 3 is 2.32 bits per heavy atom. The highest BCUT2D eigenvalue weighted by Gasteiger charge is 2.11. The van der Waals surface area contributed by atoms with Gasteiger partial charge in [-0.2, -0.15) is 0 Å². The largest absolute Gasteiger partial charge is 0.345 e. The van der Waals surface area contributed by atoms with Crippen LogP contribution < -0.4 is 0 Å². The molecule has 1 aromatic heterocycles. The van der Waals surface area contributed by atoms with E-state index in [9.17, 15) is 4.39 Å². The molecule has 0 saturated heterocycles. The Balaban J connectivity index is 1.91. The molecule has 0 radical (unpaired) electrons. The van der Waals surface area contributed by atoms with Crippen molar-refractivity contribution in [3.8, 4) is 11.3 Å².